The van der Waals surface area contributed by atoms with E-state index in [1.54, 1.807) is 0 Å². The number of benzene rings is 1. The van der Waals surface area contributed by atoms with Crippen molar-refractivity contribution < 1.29 is 0 Å². The Morgan fingerprint density at radius 3 is 2.81 bits per heavy atom. The molecule has 2 unspecified atom stereocenters. The van der Waals surface area contributed by atoms with Crippen molar-refractivity contribution in [2.45, 2.75) is 46.2 Å². The average molecular weight is 309 g/mol. The van der Waals surface area contributed by atoms with E-state index < -0.39 is 0 Å². The van der Waals surface area contributed by atoms with Gasteiger partial charge in [0.1, 0.15) is 0 Å². The second-order valence-corrected chi connectivity index (χ2v) is 7.59. The minimum Gasteiger partial charge on any atom is -0.313 e. The Kier molecular flexibility index (Phi) is 5.70. The third-order valence-electron chi connectivity index (χ3n) is 4.78. The van der Waals surface area contributed by atoms with Crippen molar-refractivity contribution in [1.82, 2.24) is 10.2 Å². The van der Waals surface area contributed by atoms with Gasteiger partial charge in [-0.2, -0.15) is 0 Å². The summed E-state index contributed by atoms with van der Waals surface area (Å²) in [5.74, 6) is 0.740. The van der Waals surface area contributed by atoms with Gasteiger partial charge in [-0.15, -0.1) is 0 Å². The lowest BCUT2D eigenvalue weighted by Crippen LogP contribution is -2.45. The van der Waals surface area contributed by atoms with Crippen LogP contribution in [0.5, 0.6) is 0 Å². The Balaban J connectivity index is 1.94. The molecule has 1 N–H and O–H groups in total. The molecular formula is C18H29ClN2. The molecule has 1 saturated carbocycles. The quantitative estimate of drug-likeness (QED) is 0.848. The molecule has 1 fully saturated rings. The molecule has 0 heterocycles. The molecule has 1 aliphatic rings. The standard InChI is InChI=1S/C18H29ClN2/c1-5-20-17-15(9-10-18(17,2)3)13-21(4)12-14-7-6-8-16(19)11-14/h6-8,11,15,17,20H,5,9-10,12-13H2,1-4H3. The van der Waals surface area contributed by atoms with Gasteiger partial charge in [0.15, 0.2) is 0 Å². The largest absolute Gasteiger partial charge is 0.313 e. The summed E-state index contributed by atoms with van der Waals surface area (Å²) in [5, 5.41) is 4.54. The lowest BCUT2D eigenvalue weighted by molar-refractivity contribution is 0.202. The van der Waals surface area contributed by atoms with E-state index >= 15 is 0 Å². The Labute approximate surface area is 134 Å². The number of hydrogen-bond acceptors (Lipinski definition) is 2. The van der Waals surface area contributed by atoms with E-state index in [4.69, 9.17) is 11.6 Å². The molecule has 1 aromatic carbocycles. The van der Waals surface area contributed by atoms with E-state index in [1.807, 2.05) is 12.1 Å². The monoisotopic (exact) mass is 308 g/mol. The third-order valence-corrected chi connectivity index (χ3v) is 5.02. The first-order valence-corrected chi connectivity index (χ1v) is 8.46. The van der Waals surface area contributed by atoms with E-state index in [0.29, 0.717) is 11.5 Å². The van der Waals surface area contributed by atoms with Gasteiger partial charge in [0.25, 0.3) is 0 Å². The van der Waals surface area contributed by atoms with E-state index in [-0.39, 0.29) is 0 Å². The highest BCUT2D eigenvalue weighted by Crippen LogP contribution is 2.41. The van der Waals surface area contributed by atoms with Crippen molar-refractivity contribution in [2.24, 2.45) is 11.3 Å². The second kappa shape index (κ2) is 7.13. The van der Waals surface area contributed by atoms with Gasteiger partial charge in [0.2, 0.25) is 0 Å². The van der Waals surface area contributed by atoms with Gasteiger partial charge in [-0.25, -0.2) is 0 Å². The fourth-order valence-corrected chi connectivity index (χ4v) is 4.00. The minimum absolute atomic E-state index is 0.414. The molecule has 2 atom stereocenters. The van der Waals surface area contributed by atoms with E-state index in [1.165, 1.54) is 18.4 Å². The SMILES string of the molecule is CCNC1C(CN(C)Cc2cccc(Cl)c2)CCC1(C)C. The van der Waals surface area contributed by atoms with Crippen molar-refractivity contribution in [2.75, 3.05) is 20.1 Å². The fourth-order valence-electron chi connectivity index (χ4n) is 3.79. The van der Waals surface area contributed by atoms with Crippen LogP contribution >= 0.6 is 11.6 Å². The number of hydrogen-bond donors (Lipinski definition) is 1. The molecule has 2 rings (SSSR count). The topological polar surface area (TPSA) is 15.3 Å². The molecule has 0 aliphatic heterocycles. The Morgan fingerprint density at radius 1 is 1.38 bits per heavy atom. The lowest BCUT2D eigenvalue weighted by atomic mass is 9.84. The van der Waals surface area contributed by atoms with Gasteiger partial charge < -0.3 is 10.2 Å². The smallest absolute Gasteiger partial charge is 0.0409 e. The maximum atomic E-state index is 6.07. The minimum atomic E-state index is 0.414. The van der Waals surface area contributed by atoms with Crippen LogP contribution in [-0.2, 0) is 6.54 Å². The molecule has 3 heteroatoms. The number of rotatable bonds is 6. The molecule has 0 spiro atoms. The van der Waals surface area contributed by atoms with Gasteiger partial charge in [0, 0.05) is 24.2 Å². The predicted octanol–water partition coefficient (Wildman–Crippen LogP) is 4.19. The molecule has 118 valence electrons. The molecule has 1 aliphatic carbocycles. The first-order valence-electron chi connectivity index (χ1n) is 8.08. The van der Waals surface area contributed by atoms with E-state index in [0.717, 1.165) is 30.6 Å². The first kappa shape index (κ1) is 16.8. The molecule has 0 bridgehead atoms. The highest BCUT2D eigenvalue weighted by Gasteiger charge is 2.41. The normalized spacial score (nSPS) is 24.7. The Morgan fingerprint density at radius 2 is 2.14 bits per heavy atom. The highest BCUT2D eigenvalue weighted by molar-refractivity contribution is 6.30. The van der Waals surface area contributed by atoms with E-state index in [9.17, 15) is 0 Å². The van der Waals surface area contributed by atoms with Crippen LogP contribution in [0, 0.1) is 11.3 Å². The van der Waals surface area contributed by atoms with Gasteiger partial charge in [-0.05, 0) is 55.5 Å². The van der Waals surface area contributed by atoms with Gasteiger partial charge >= 0.3 is 0 Å². The van der Waals surface area contributed by atoms with Crippen molar-refractivity contribution in [1.29, 1.82) is 0 Å². The van der Waals surface area contributed by atoms with Crippen LogP contribution in [-0.4, -0.2) is 31.1 Å². The summed E-state index contributed by atoms with van der Waals surface area (Å²) in [7, 11) is 2.22. The summed E-state index contributed by atoms with van der Waals surface area (Å²) in [6.45, 7) is 10.2. The molecule has 0 saturated heterocycles. The zero-order valence-corrected chi connectivity index (χ0v) is 14.6. The molecule has 21 heavy (non-hydrogen) atoms. The maximum Gasteiger partial charge on any atom is 0.0409 e. The van der Waals surface area contributed by atoms with Gasteiger partial charge in [0.05, 0.1) is 0 Å². The average Bonchev–Trinajstić information content (AvgIpc) is 2.66. The van der Waals surface area contributed by atoms with Gasteiger partial charge in [-0.3, -0.25) is 0 Å². The highest BCUT2D eigenvalue weighted by atomic mass is 35.5. The Bertz CT molecular complexity index is 458. The van der Waals surface area contributed by atoms with Crippen molar-refractivity contribution in [3.05, 3.63) is 34.9 Å². The van der Waals surface area contributed by atoms with Crippen LogP contribution in [0.3, 0.4) is 0 Å². The zero-order valence-electron chi connectivity index (χ0n) is 13.8. The van der Waals surface area contributed by atoms with Crippen molar-refractivity contribution >= 4 is 11.6 Å². The zero-order chi connectivity index (χ0) is 15.5. The molecule has 0 radical (unpaired) electrons. The predicted molar refractivity (Wildman–Crippen MR) is 91.8 cm³/mol. The number of halogens is 1. The van der Waals surface area contributed by atoms with Gasteiger partial charge in [-0.1, -0.05) is 44.5 Å². The van der Waals surface area contributed by atoms with Crippen LogP contribution in [0.15, 0.2) is 24.3 Å². The molecule has 1 aromatic rings. The molecule has 0 amide bonds. The van der Waals surface area contributed by atoms with Crippen LogP contribution < -0.4 is 5.32 Å². The van der Waals surface area contributed by atoms with Crippen molar-refractivity contribution in [3.63, 3.8) is 0 Å². The van der Waals surface area contributed by atoms with Crippen molar-refractivity contribution in [3.8, 4) is 0 Å². The molecular weight excluding hydrogens is 280 g/mol. The number of nitrogens with zero attached hydrogens (tertiary/aromatic N) is 1. The summed E-state index contributed by atoms with van der Waals surface area (Å²) in [4.78, 5) is 2.43. The summed E-state index contributed by atoms with van der Waals surface area (Å²) in [5.41, 5.74) is 1.71. The molecule has 2 nitrogen and oxygen atoms in total. The molecule has 0 aromatic heterocycles. The summed E-state index contributed by atoms with van der Waals surface area (Å²) >= 11 is 6.07. The second-order valence-electron chi connectivity index (χ2n) is 7.15. The van der Waals surface area contributed by atoms with Crippen LogP contribution in [0.2, 0.25) is 5.02 Å². The lowest BCUT2D eigenvalue weighted by Gasteiger charge is -2.33. The van der Waals surface area contributed by atoms with Crippen LogP contribution in [0.4, 0.5) is 0 Å². The maximum absolute atomic E-state index is 6.07. The van der Waals surface area contributed by atoms with Crippen LogP contribution in [0.25, 0.3) is 0 Å². The first-order chi connectivity index (χ1) is 9.92. The third kappa shape index (κ3) is 4.45. The summed E-state index contributed by atoms with van der Waals surface area (Å²) in [6.07, 6.45) is 2.64. The van der Waals surface area contributed by atoms with Crippen LogP contribution in [0.1, 0.15) is 39.2 Å². The summed E-state index contributed by atoms with van der Waals surface area (Å²) < 4.78 is 0. The Hall–Kier alpha value is -0.570. The fraction of sp³-hybridized carbons (Fsp3) is 0.667. The summed E-state index contributed by atoms with van der Waals surface area (Å²) in [6, 6.07) is 8.82. The van der Waals surface area contributed by atoms with E-state index in [2.05, 4.69) is 50.2 Å². The number of nitrogens with one attached hydrogen (secondary N) is 1.